The van der Waals surface area contributed by atoms with Crippen molar-refractivity contribution >= 4 is 17.2 Å². The van der Waals surface area contributed by atoms with Crippen LogP contribution in [-0.4, -0.2) is 21.2 Å². The van der Waals surface area contributed by atoms with E-state index in [-0.39, 0.29) is 0 Å². The Bertz CT molecular complexity index is 1070. The van der Waals surface area contributed by atoms with Crippen molar-refractivity contribution in [1.82, 2.24) is 14.6 Å². The van der Waals surface area contributed by atoms with E-state index >= 15 is 0 Å². The minimum absolute atomic E-state index is 0.659. The summed E-state index contributed by atoms with van der Waals surface area (Å²) in [6.07, 6.45) is 1.87. The molecule has 4 aromatic rings. The molecule has 0 saturated heterocycles. The summed E-state index contributed by atoms with van der Waals surface area (Å²) in [6.45, 7) is 6.72. The molecule has 0 aliphatic rings. The normalized spacial score (nSPS) is 10.9. The monoisotopic (exact) mass is 358 g/mol. The van der Waals surface area contributed by atoms with E-state index in [4.69, 9.17) is 9.72 Å². The Morgan fingerprint density at radius 2 is 1.74 bits per heavy atom. The molecule has 0 atom stereocenters. The second-order valence-corrected chi connectivity index (χ2v) is 6.52. The topological polar surface area (TPSA) is 51.5 Å². The molecule has 0 saturated carbocycles. The standard InChI is InChI=1S/C22H22N4O/c1-4-27-19-11-9-18(10-12-19)25-21-13-16(3)24-22-20(14-23-26(21)22)17-7-5-15(2)6-8-17/h5-14,25H,4H2,1-3H3. The number of nitrogens with zero attached hydrogens (tertiary/aromatic N) is 3. The van der Waals surface area contributed by atoms with Crippen LogP contribution in [0.25, 0.3) is 16.8 Å². The molecule has 2 aromatic heterocycles. The molecule has 0 amide bonds. The largest absolute Gasteiger partial charge is 0.494 e. The molecular formula is C22H22N4O. The molecule has 27 heavy (non-hydrogen) atoms. The predicted molar refractivity (Wildman–Crippen MR) is 109 cm³/mol. The summed E-state index contributed by atoms with van der Waals surface area (Å²) in [4.78, 5) is 4.72. The number of nitrogens with one attached hydrogen (secondary N) is 1. The smallest absolute Gasteiger partial charge is 0.165 e. The molecule has 0 aliphatic carbocycles. The van der Waals surface area contributed by atoms with Gasteiger partial charge in [-0.15, -0.1) is 0 Å². The fourth-order valence-electron chi connectivity index (χ4n) is 3.06. The van der Waals surface area contributed by atoms with Crippen LogP contribution in [0, 0.1) is 13.8 Å². The van der Waals surface area contributed by atoms with Gasteiger partial charge >= 0.3 is 0 Å². The lowest BCUT2D eigenvalue weighted by atomic mass is 10.1. The summed E-state index contributed by atoms with van der Waals surface area (Å²) in [5, 5.41) is 8.00. The predicted octanol–water partition coefficient (Wildman–Crippen LogP) is 5.16. The highest BCUT2D eigenvalue weighted by atomic mass is 16.5. The van der Waals surface area contributed by atoms with E-state index in [1.807, 2.05) is 54.9 Å². The quantitative estimate of drug-likeness (QED) is 0.536. The van der Waals surface area contributed by atoms with E-state index in [9.17, 15) is 0 Å². The molecule has 5 heteroatoms. The average molecular weight is 358 g/mol. The summed E-state index contributed by atoms with van der Waals surface area (Å²) >= 11 is 0. The zero-order chi connectivity index (χ0) is 18.8. The zero-order valence-electron chi connectivity index (χ0n) is 15.7. The van der Waals surface area contributed by atoms with Gasteiger partial charge in [-0.2, -0.15) is 9.61 Å². The van der Waals surface area contributed by atoms with Crippen molar-refractivity contribution in [2.75, 3.05) is 11.9 Å². The summed E-state index contributed by atoms with van der Waals surface area (Å²) < 4.78 is 7.35. The molecule has 5 nitrogen and oxygen atoms in total. The molecule has 0 bridgehead atoms. The lowest BCUT2D eigenvalue weighted by Gasteiger charge is -2.11. The van der Waals surface area contributed by atoms with Crippen LogP contribution in [0.5, 0.6) is 5.75 Å². The molecule has 2 aromatic carbocycles. The minimum Gasteiger partial charge on any atom is -0.494 e. The van der Waals surface area contributed by atoms with E-state index in [1.54, 1.807) is 0 Å². The first-order valence-corrected chi connectivity index (χ1v) is 9.06. The van der Waals surface area contributed by atoms with Crippen molar-refractivity contribution in [3.63, 3.8) is 0 Å². The third kappa shape index (κ3) is 3.49. The molecule has 0 aliphatic heterocycles. The second-order valence-electron chi connectivity index (χ2n) is 6.52. The third-order valence-electron chi connectivity index (χ3n) is 4.40. The Morgan fingerprint density at radius 3 is 2.44 bits per heavy atom. The third-order valence-corrected chi connectivity index (χ3v) is 4.40. The first-order valence-electron chi connectivity index (χ1n) is 9.06. The van der Waals surface area contributed by atoms with Gasteiger partial charge in [0, 0.05) is 23.0 Å². The van der Waals surface area contributed by atoms with Crippen LogP contribution in [0.3, 0.4) is 0 Å². The fourth-order valence-corrected chi connectivity index (χ4v) is 3.06. The Morgan fingerprint density at radius 1 is 1.00 bits per heavy atom. The van der Waals surface area contributed by atoms with E-state index in [1.165, 1.54) is 5.56 Å². The molecule has 0 spiro atoms. The van der Waals surface area contributed by atoms with Gasteiger partial charge in [0.25, 0.3) is 0 Å². The number of ether oxygens (including phenoxy) is 1. The van der Waals surface area contributed by atoms with Gasteiger partial charge < -0.3 is 10.1 Å². The first-order chi connectivity index (χ1) is 13.1. The Labute approximate surface area is 158 Å². The maximum absolute atomic E-state index is 5.51. The van der Waals surface area contributed by atoms with Crippen LogP contribution < -0.4 is 10.1 Å². The van der Waals surface area contributed by atoms with Crippen molar-refractivity contribution < 1.29 is 4.74 Å². The van der Waals surface area contributed by atoms with Gasteiger partial charge in [0.1, 0.15) is 11.6 Å². The minimum atomic E-state index is 0.659. The van der Waals surface area contributed by atoms with Gasteiger partial charge in [-0.1, -0.05) is 29.8 Å². The second kappa shape index (κ2) is 7.11. The summed E-state index contributed by atoms with van der Waals surface area (Å²) in [5.41, 5.74) is 6.11. The number of benzene rings is 2. The SMILES string of the molecule is CCOc1ccc(Nc2cc(C)nc3c(-c4ccc(C)cc4)cnn23)cc1. The van der Waals surface area contributed by atoms with Crippen LogP contribution in [0.15, 0.2) is 60.8 Å². The molecule has 136 valence electrons. The Balaban J connectivity index is 1.72. The average Bonchev–Trinajstić information content (AvgIpc) is 3.08. The van der Waals surface area contributed by atoms with E-state index < -0.39 is 0 Å². The molecule has 4 rings (SSSR count). The van der Waals surface area contributed by atoms with Crippen LogP contribution in [0.2, 0.25) is 0 Å². The van der Waals surface area contributed by atoms with Crippen LogP contribution in [0.1, 0.15) is 18.2 Å². The maximum Gasteiger partial charge on any atom is 0.165 e. The Hall–Kier alpha value is -3.34. The lowest BCUT2D eigenvalue weighted by molar-refractivity contribution is 0.340. The van der Waals surface area contributed by atoms with Crippen molar-refractivity contribution in [3.8, 4) is 16.9 Å². The molecule has 0 radical (unpaired) electrons. The maximum atomic E-state index is 5.51. The summed E-state index contributed by atoms with van der Waals surface area (Å²) in [5.74, 6) is 1.74. The van der Waals surface area contributed by atoms with E-state index in [0.29, 0.717) is 6.61 Å². The van der Waals surface area contributed by atoms with Gasteiger partial charge in [0.05, 0.1) is 12.8 Å². The zero-order valence-corrected chi connectivity index (χ0v) is 15.7. The van der Waals surface area contributed by atoms with Crippen LogP contribution >= 0.6 is 0 Å². The fraction of sp³-hybridized carbons (Fsp3) is 0.182. The van der Waals surface area contributed by atoms with Crippen molar-refractivity contribution in [2.45, 2.75) is 20.8 Å². The number of hydrogen-bond acceptors (Lipinski definition) is 4. The van der Waals surface area contributed by atoms with Gasteiger partial charge in [0.2, 0.25) is 0 Å². The van der Waals surface area contributed by atoms with Gasteiger partial charge in [0.15, 0.2) is 5.65 Å². The van der Waals surface area contributed by atoms with Gasteiger partial charge in [-0.25, -0.2) is 4.98 Å². The lowest BCUT2D eigenvalue weighted by Crippen LogP contribution is -2.02. The highest BCUT2D eigenvalue weighted by Crippen LogP contribution is 2.27. The molecule has 0 unspecified atom stereocenters. The summed E-state index contributed by atoms with van der Waals surface area (Å²) in [7, 11) is 0. The molecule has 0 fully saturated rings. The molecule has 2 heterocycles. The van der Waals surface area contributed by atoms with Gasteiger partial charge in [-0.05, 0) is 50.6 Å². The number of aryl methyl sites for hydroxylation is 2. The number of hydrogen-bond donors (Lipinski definition) is 1. The number of rotatable bonds is 5. The first kappa shape index (κ1) is 17.1. The highest BCUT2D eigenvalue weighted by molar-refractivity contribution is 5.78. The number of anilines is 2. The van der Waals surface area contributed by atoms with Crippen LogP contribution in [0.4, 0.5) is 11.5 Å². The van der Waals surface area contributed by atoms with E-state index in [2.05, 4.69) is 41.6 Å². The number of fused-ring (bicyclic) bond motifs is 1. The Kier molecular flexibility index (Phi) is 4.50. The summed E-state index contributed by atoms with van der Waals surface area (Å²) in [6, 6.07) is 18.3. The van der Waals surface area contributed by atoms with Gasteiger partial charge in [-0.3, -0.25) is 0 Å². The van der Waals surface area contributed by atoms with Crippen molar-refractivity contribution in [1.29, 1.82) is 0 Å². The molecule has 1 N–H and O–H groups in total. The van der Waals surface area contributed by atoms with Crippen molar-refractivity contribution in [2.24, 2.45) is 0 Å². The van der Waals surface area contributed by atoms with Crippen molar-refractivity contribution in [3.05, 3.63) is 72.1 Å². The van der Waals surface area contributed by atoms with Crippen LogP contribution in [-0.2, 0) is 0 Å². The van der Waals surface area contributed by atoms with E-state index in [0.717, 1.165) is 39.7 Å². The highest BCUT2D eigenvalue weighted by Gasteiger charge is 2.12. The number of aromatic nitrogens is 3. The molecular weight excluding hydrogens is 336 g/mol.